The van der Waals surface area contributed by atoms with Crippen LogP contribution in [0.25, 0.3) is 0 Å². The van der Waals surface area contributed by atoms with Crippen molar-refractivity contribution in [1.82, 2.24) is 10.2 Å². The molecular formula is C15H28N2O3. The van der Waals surface area contributed by atoms with Gasteiger partial charge in [-0.2, -0.15) is 0 Å². The molecule has 1 atom stereocenters. The van der Waals surface area contributed by atoms with Crippen molar-refractivity contribution < 1.29 is 14.7 Å². The van der Waals surface area contributed by atoms with E-state index in [-0.39, 0.29) is 24.0 Å². The van der Waals surface area contributed by atoms with Crippen LogP contribution in [0.4, 0.5) is 4.79 Å². The average molecular weight is 284 g/mol. The normalized spacial score (nSPS) is 23.9. The highest BCUT2D eigenvalue weighted by Gasteiger charge is 2.27. The zero-order valence-electron chi connectivity index (χ0n) is 12.9. The fraction of sp³-hybridized carbons (Fsp3) is 0.867. The lowest BCUT2D eigenvalue weighted by Crippen LogP contribution is -2.47. The summed E-state index contributed by atoms with van der Waals surface area (Å²) in [5.74, 6) is -0.940. The van der Waals surface area contributed by atoms with Crippen LogP contribution in [0, 0.1) is 5.92 Å². The molecule has 0 aromatic carbocycles. The van der Waals surface area contributed by atoms with E-state index in [0.29, 0.717) is 12.8 Å². The largest absolute Gasteiger partial charge is 0.481 e. The number of aliphatic carboxylic acids is 1. The molecule has 1 unspecified atom stereocenters. The van der Waals surface area contributed by atoms with Crippen molar-refractivity contribution in [3.8, 4) is 0 Å². The van der Waals surface area contributed by atoms with Crippen LogP contribution in [-0.4, -0.2) is 41.1 Å². The van der Waals surface area contributed by atoms with Gasteiger partial charge >= 0.3 is 12.0 Å². The van der Waals surface area contributed by atoms with Gasteiger partial charge in [-0.05, 0) is 39.0 Å². The van der Waals surface area contributed by atoms with Crippen LogP contribution in [0.2, 0.25) is 0 Å². The summed E-state index contributed by atoms with van der Waals surface area (Å²) in [6, 6.07) is 0.330. The van der Waals surface area contributed by atoms with Crippen LogP contribution >= 0.6 is 0 Å². The lowest BCUT2D eigenvalue weighted by molar-refractivity contribution is -0.142. The second-order valence-corrected chi connectivity index (χ2v) is 5.94. The third-order valence-electron chi connectivity index (χ3n) is 4.36. The molecule has 1 saturated carbocycles. The predicted molar refractivity (Wildman–Crippen MR) is 78.7 cm³/mol. The number of carboxylic acids is 1. The third kappa shape index (κ3) is 5.02. The zero-order valence-corrected chi connectivity index (χ0v) is 12.9. The molecule has 2 amide bonds. The van der Waals surface area contributed by atoms with E-state index < -0.39 is 5.97 Å². The van der Waals surface area contributed by atoms with E-state index in [1.54, 1.807) is 4.90 Å². The van der Waals surface area contributed by atoms with E-state index >= 15 is 0 Å². The Hall–Kier alpha value is -1.26. The van der Waals surface area contributed by atoms with Gasteiger partial charge in [0.1, 0.15) is 0 Å². The Labute approximate surface area is 121 Å². The number of carbonyl (C=O) groups excluding carboxylic acids is 1. The maximum absolute atomic E-state index is 12.1. The summed E-state index contributed by atoms with van der Waals surface area (Å²) < 4.78 is 0. The first kappa shape index (κ1) is 16.8. The minimum Gasteiger partial charge on any atom is -0.481 e. The summed E-state index contributed by atoms with van der Waals surface area (Å²) in [4.78, 5) is 24.8. The molecule has 5 heteroatoms. The van der Waals surface area contributed by atoms with E-state index in [2.05, 4.69) is 19.2 Å². The fourth-order valence-corrected chi connectivity index (χ4v) is 2.65. The first-order valence-corrected chi connectivity index (χ1v) is 7.71. The SMILES string of the molecule is CCCCC(C)N(C)C(=O)NC1CCC(C(=O)O)CC1. The smallest absolute Gasteiger partial charge is 0.317 e. The molecule has 0 radical (unpaired) electrons. The number of unbranched alkanes of at least 4 members (excludes halogenated alkanes) is 1. The second kappa shape index (κ2) is 8.12. The Bertz CT molecular complexity index is 325. The van der Waals surface area contributed by atoms with Gasteiger partial charge in [0.05, 0.1) is 5.92 Å². The van der Waals surface area contributed by atoms with Gasteiger partial charge in [-0.15, -0.1) is 0 Å². The molecule has 1 aliphatic carbocycles. The molecule has 0 bridgehead atoms. The minimum atomic E-state index is -0.708. The molecular weight excluding hydrogens is 256 g/mol. The van der Waals surface area contributed by atoms with Gasteiger partial charge in [0.2, 0.25) is 0 Å². The van der Waals surface area contributed by atoms with E-state index in [1.165, 1.54) is 0 Å². The second-order valence-electron chi connectivity index (χ2n) is 5.94. The zero-order chi connectivity index (χ0) is 15.1. The number of carboxylic acid groups (broad SMARTS) is 1. The van der Waals surface area contributed by atoms with Crippen molar-refractivity contribution >= 4 is 12.0 Å². The van der Waals surface area contributed by atoms with Gasteiger partial charge in [-0.25, -0.2) is 4.79 Å². The molecule has 0 heterocycles. The quantitative estimate of drug-likeness (QED) is 0.788. The van der Waals surface area contributed by atoms with Crippen LogP contribution in [-0.2, 0) is 4.79 Å². The molecule has 1 aliphatic rings. The number of hydrogen-bond donors (Lipinski definition) is 2. The molecule has 0 saturated heterocycles. The van der Waals surface area contributed by atoms with E-state index in [1.807, 2.05) is 7.05 Å². The lowest BCUT2D eigenvalue weighted by Gasteiger charge is -2.31. The van der Waals surface area contributed by atoms with Crippen molar-refractivity contribution in [2.45, 2.75) is 70.9 Å². The van der Waals surface area contributed by atoms with E-state index in [9.17, 15) is 9.59 Å². The molecule has 0 aromatic heterocycles. The number of amides is 2. The number of nitrogens with zero attached hydrogens (tertiary/aromatic N) is 1. The van der Waals surface area contributed by atoms with Crippen LogP contribution in [0.1, 0.15) is 58.8 Å². The highest BCUT2D eigenvalue weighted by molar-refractivity contribution is 5.74. The Morgan fingerprint density at radius 1 is 1.30 bits per heavy atom. The van der Waals surface area contributed by atoms with Crippen LogP contribution in [0.3, 0.4) is 0 Å². The third-order valence-corrected chi connectivity index (χ3v) is 4.36. The van der Waals surface area contributed by atoms with Crippen molar-refractivity contribution in [2.24, 2.45) is 5.92 Å². The number of carbonyl (C=O) groups is 2. The average Bonchev–Trinajstić information content (AvgIpc) is 2.44. The summed E-state index contributed by atoms with van der Waals surface area (Å²) in [6.07, 6.45) is 6.14. The first-order valence-electron chi connectivity index (χ1n) is 7.71. The number of urea groups is 1. The number of hydrogen-bond acceptors (Lipinski definition) is 2. The van der Waals surface area contributed by atoms with Crippen molar-refractivity contribution in [1.29, 1.82) is 0 Å². The standard InChI is InChI=1S/C15H28N2O3/c1-4-5-6-11(2)17(3)15(20)16-13-9-7-12(8-10-13)14(18)19/h11-13H,4-10H2,1-3H3,(H,16,20)(H,18,19). The van der Waals surface area contributed by atoms with Gasteiger partial charge in [-0.1, -0.05) is 19.8 Å². The van der Waals surface area contributed by atoms with Gasteiger partial charge in [0.15, 0.2) is 0 Å². The van der Waals surface area contributed by atoms with Crippen LogP contribution in [0.5, 0.6) is 0 Å². The topological polar surface area (TPSA) is 69.6 Å². The van der Waals surface area contributed by atoms with Crippen molar-refractivity contribution in [3.05, 3.63) is 0 Å². The monoisotopic (exact) mass is 284 g/mol. The Morgan fingerprint density at radius 2 is 1.90 bits per heavy atom. The van der Waals surface area contributed by atoms with Crippen LogP contribution in [0.15, 0.2) is 0 Å². The van der Waals surface area contributed by atoms with E-state index in [0.717, 1.165) is 32.1 Å². The van der Waals surface area contributed by atoms with Crippen molar-refractivity contribution in [2.75, 3.05) is 7.05 Å². The van der Waals surface area contributed by atoms with Crippen LogP contribution < -0.4 is 5.32 Å². The molecule has 2 N–H and O–H groups in total. The molecule has 20 heavy (non-hydrogen) atoms. The first-order chi connectivity index (χ1) is 9.45. The van der Waals surface area contributed by atoms with E-state index in [4.69, 9.17) is 5.11 Å². The Morgan fingerprint density at radius 3 is 2.40 bits per heavy atom. The summed E-state index contributed by atoms with van der Waals surface area (Å²) in [5.41, 5.74) is 0. The maximum Gasteiger partial charge on any atom is 0.317 e. The highest BCUT2D eigenvalue weighted by Crippen LogP contribution is 2.24. The fourth-order valence-electron chi connectivity index (χ4n) is 2.65. The Balaban J connectivity index is 2.34. The summed E-state index contributed by atoms with van der Waals surface area (Å²) >= 11 is 0. The van der Waals surface area contributed by atoms with Gasteiger partial charge < -0.3 is 15.3 Å². The summed E-state index contributed by atoms with van der Waals surface area (Å²) in [6.45, 7) is 4.21. The number of rotatable bonds is 6. The summed E-state index contributed by atoms with van der Waals surface area (Å²) in [5, 5.41) is 12.0. The predicted octanol–water partition coefficient (Wildman–Crippen LogP) is 2.85. The summed E-state index contributed by atoms with van der Waals surface area (Å²) in [7, 11) is 1.83. The van der Waals surface area contributed by atoms with Gasteiger partial charge in [0.25, 0.3) is 0 Å². The molecule has 0 aromatic rings. The molecule has 1 fully saturated rings. The highest BCUT2D eigenvalue weighted by atomic mass is 16.4. The molecule has 1 rings (SSSR count). The molecule has 5 nitrogen and oxygen atoms in total. The lowest BCUT2D eigenvalue weighted by atomic mass is 9.86. The Kier molecular flexibility index (Phi) is 6.82. The molecule has 116 valence electrons. The van der Waals surface area contributed by atoms with Gasteiger partial charge in [-0.3, -0.25) is 4.79 Å². The van der Waals surface area contributed by atoms with Gasteiger partial charge in [0, 0.05) is 19.1 Å². The maximum atomic E-state index is 12.1. The molecule has 0 spiro atoms. The molecule has 0 aliphatic heterocycles. The van der Waals surface area contributed by atoms with Crippen molar-refractivity contribution in [3.63, 3.8) is 0 Å². The minimum absolute atomic E-state index is 0.0348. The number of nitrogens with one attached hydrogen (secondary N) is 1.